The minimum absolute atomic E-state index is 0.0733. The normalized spacial score (nSPS) is 18.0. The van der Waals surface area contributed by atoms with E-state index >= 15 is 0 Å². The van der Waals surface area contributed by atoms with Gasteiger partial charge in [0.1, 0.15) is 5.54 Å². The molecule has 254 valence electrons. The van der Waals surface area contributed by atoms with Crippen LogP contribution in [0.1, 0.15) is 40.8 Å². The zero-order chi connectivity index (χ0) is 34.6. The average molecular weight is 670 g/mol. The lowest BCUT2D eigenvalue weighted by atomic mass is 9.77. The van der Waals surface area contributed by atoms with Crippen molar-refractivity contribution in [2.24, 2.45) is 16.8 Å². The second kappa shape index (κ2) is 14.3. The van der Waals surface area contributed by atoms with Crippen LogP contribution >= 0.6 is 0 Å². The standard InChI is InChI=1S/C45H43N5O/c1-49-31-34(28-33-14-6-2-7-15-33)29-36(32-49)44(51)47-40-22-23-42-41(30-40)43(35-24-26-46-27-25-35)48-50(42)45(37-16-8-3-9-17-37,38-18-10-4-11-19-38)39-20-12-5-13-21-39/h2-24,26,30,34,36H,25,27-29,31-32H2,1H3,(H,47,51). The summed E-state index contributed by atoms with van der Waals surface area (Å²) in [4.78, 5) is 20.8. The predicted octanol–water partition coefficient (Wildman–Crippen LogP) is 8.48. The summed E-state index contributed by atoms with van der Waals surface area (Å²) in [5, 5.41) is 9.89. The largest absolute Gasteiger partial charge is 0.326 e. The number of nitrogens with zero attached hydrogens (tertiary/aromatic N) is 4. The zero-order valence-electron chi connectivity index (χ0n) is 29.0. The molecule has 51 heavy (non-hydrogen) atoms. The first kappa shape index (κ1) is 32.6. The third-order valence-corrected chi connectivity index (χ3v) is 10.5. The molecule has 0 radical (unpaired) electrons. The predicted molar refractivity (Wildman–Crippen MR) is 208 cm³/mol. The molecule has 2 aliphatic rings. The molecule has 1 fully saturated rings. The summed E-state index contributed by atoms with van der Waals surface area (Å²) in [5.41, 5.74) is 7.72. The number of fused-ring (bicyclic) bond motifs is 1. The van der Waals surface area contributed by atoms with Gasteiger partial charge in [0.05, 0.1) is 17.1 Å². The van der Waals surface area contributed by atoms with E-state index in [0.29, 0.717) is 5.92 Å². The maximum Gasteiger partial charge on any atom is 0.228 e. The van der Waals surface area contributed by atoms with E-state index in [4.69, 9.17) is 5.10 Å². The highest BCUT2D eigenvalue weighted by Crippen LogP contribution is 2.44. The molecular weight excluding hydrogens is 627 g/mol. The Bertz CT molecular complexity index is 2080. The van der Waals surface area contributed by atoms with Gasteiger partial charge in [0.25, 0.3) is 0 Å². The Morgan fingerprint density at radius 1 is 0.784 bits per heavy atom. The molecule has 2 atom stereocenters. The van der Waals surface area contributed by atoms with Crippen molar-refractivity contribution in [3.05, 3.63) is 174 Å². The highest BCUT2D eigenvalue weighted by atomic mass is 16.1. The van der Waals surface area contributed by atoms with Gasteiger partial charge in [-0.15, -0.1) is 0 Å². The van der Waals surface area contributed by atoms with Crippen LogP contribution in [0.15, 0.2) is 151 Å². The number of hydrogen-bond donors (Lipinski definition) is 1. The summed E-state index contributed by atoms with van der Waals surface area (Å²) in [7, 11) is 2.13. The lowest BCUT2D eigenvalue weighted by Crippen LogP contribution is -2.43. The van der Waals surface area contributed by atoms with Crippen LogP contribution in [-0.2, 0) is 16.8 Å². The van der Waals surface area contributed by atoms with Gasteiger partial charge in [-0.25, -0.2) is 4.68 Å². The number of benzene rings is 5. The number of carbonyl (C=O) groups is 1. The number of piperidine rings is 1. The van der Waals surface area contributed by atoms with E-state index in [1.54, 1.807) is 0 Å². The second-order valence-corrected chi connectivity index (χ2v) is 14.0. The van der Waals surface area contributed by atoms with Gasteiger partial charge in [-0.1, -0.05) is 121 Å². The van der Waals surface area contributed by atoms with E-state index in [1.807, 2.05) is 12.3 Å². The summed E-state index contributed by atoms with van der Waals surface area (Å²) >= 11 is 0. The van der Waals surface area contributed by atoms with Crippen molar-refractivity contribution < 1.29 is 4.79 Å². The van der Waals surface area contributed by atoms with Crippen molar-refractivity contribution in [3.8, 4) is 0 Å². The number of rotatable bonds is 9. The Balaban J connectivity index is 1.23. The van der Waals surface area contributed by atoms with Crippen molar-refractivity contribution in [3.63, 3.8) is 0 Å². The molecule has 6 nitrogen and oxygen atoms in total. The van der Waals surface area contributed by atoms with E-state index < -0.39 is 5.54 Å². The number of anilines is 1. The van der Waals surface area contributed by atoms with E-state index in [1.165, 1.54) is 5.56 Å². The van der Waals surface area contributed by atoms with Crippen LogP contribution in [0.5, 0.6) is 0 Å². The van der Waals surface area contributed by atoms with Crippen LogP contribution < -0.4 is 5.32 Å². The van der Waals surface area contributed by atoms with Crippen molar-refractivity contribution >= 4 is 34.3 Å². The summed E-state index contributed by atoms with van der Waals surface area (Å²) in [6.45, 7) is 2.47. The van der Waals surface area contributed by atoms with Gasteiger partial charge in [0.2, 0.25) is 5.91 Å². The quantitative estimate of drug-likeness (QED) is 0.157. The number of likely N-dealkylation sites (tertiary alicyclic amines) is 1. The Labute approximate surface area is 300 Å². The minimum Gasteiger partial charge on any atom is -0.326 e. The second-order valence-electron chi connectivity index (χ2n) is 14.0. The Hall–Kier alpha value is -5.59. The van der Waals surface area contributed by atoms with Crippen LogP contribution in [0.2, 0.25) is 0 Å². The molecule has 8 rings (SSSR count). The average Bonchev–Trinajstić information content (AvgIpc) is 3.56. The number of amides is 1. The molecule has 1 amide bonds. The number of aliphatic imine (C=N–C) groups is 1. The van der Waals surface area contributed by atoms with Crippen molar-refractivity contribution in [1.82, 2.24) is 14.7 Å². The van der Waals surface area contributed by atoms with Gasteiger partial charge >= 0.3 is 0 Å². The fourth-order valence-electron chi connectivity index (χ4n) is 8.25. The van der Waals surface area contributed by atoms with E-state index in [9.17, 15) is 4.79 Å². The number of dihydropyridines is 1. The monoisotopic (exact) mass is 669 g/mol. The molecule has 6 aromatic rings. The van der Waals surface area contributed by atoms with Crippen LogP contribution in [0.4, 0.5) is 5.69 Å². The van der Waals surface area contributed by atoms with Crippen molar-refractivity contribution in [2.45, 2.75) is 24.8 Å². The zero-order valence-corrected chi connectivity index (χ0v) is 29.0. The fraction of sp³-hybridized carbons (Fsp3) is 0.222. The van der Waals surface area contributed by atoms with Crippen molar-refractivity contribution in [1.29, 1.82) is 0 Å². The smallest absolute Gasteiger partial charge is 0.228 e. The Kier molecular flexibility index (Phi) is 9.16. The van der Waals surface area contributed by atoms with E-state index in [2.05, 4.69) is 166 Å². The molecular formula is C45H43N5O. The molecule has 1 aromatic heterocycles. The summed E-state index contributed by atoms with van der Waals surface area (Å²) in [5.74, 6) is 0.412. The summed E-state index contributed by atoms with van der Waals surface area (Å²) in [6.07, 6.45) is 6.62. The number of aromatic nitrogens is 2. The molecule has 6 heteroatoms. The maximum atomic E-state index is 14.0. The molecule has 0 bridgehead atoms. The molecule has 5 aromatic carbocycles. The molecule has 1 N–H and O–H groups in total. The summed E-state index contributed by atoms with van der Waals surface area (Å²) in [6, 6.07) is 48.9. The topological polar surface area (TPSA) is 62.5 Å². The third kappa shape index (κ3) is 6.44. The lowest BCUT2D eigenvalue weighted by molar-refractivity contribution is -0.122. The SMILES string of the molecule is CN1CC(Cc2ccccc2)CC(C(=O)Nc2ccc3c(c2)c(C2=CC=NCC2)nn3C(c2ccccc2)(c2ccccc2)c2ccccc2)C1. The molecule has 0 saturated carbocycles. The molecule has 2 unspecified atom stereocenters. The van der Waals surface area contributed by atoms with E-state index in [0.717, 1.165) is 83.4 Å². The maximum absolute atomic E-state index is 14.0. The molecule has 3 heterocycles. The number of allylic oxidation sites excluding steroid dienone is 1. The van der Waals surface area contributed by atoms with Crippen LogP contribution in [0.3, 0.4) is 0 Å². The van der Waals surface area contributed by atoms with E-state index in [-0.39, 0.29) is 11.8 Å². The highest BCUT2D eigenvalue weighted by Gasteiger charge is 2.41. The number of carbonyl (C=O) groups excluding carboxylic acids is 1. The molecule has 0 aliphatic carbocycles. The van der Waals surface area contributed by atoms with Gasteiger partial charge in [-0.2, -0.15) is 5.10 Å². The van der Waals surface area contributed by atoms with Gasteiger partial charge in [-0.3, -0.25) is 9.79 Å². The highest BCUT2D eigenvalue weighted by molar-refractivity contribution is 6.00. The van der Waals surface area contributed by atoms with Gasteiger partial charge in [0.15, 0.2) is 0 Å². The number of hydrogen-bond acceptors (Lipinski definition) is 4. The Morgan fingerprint density at radius 3 is 1.98 bits per heavy atom. The minimum atomic E-state index is -0.769. The number of nitrogens with one attached hydrogen (secondary N) is 1. The van der Waals surface area contributed by atoms with Crippen LogP contribution in [0.25, 0.3) is 16.5 Å². The fourth-order valence-corrected chi connectivity index (χ4v) is 8.25. The first-order valence-corrected chi connectivity index (χ1v) is 18.0. The molecule has 2 aliphatic heterocycles. The van der Waals surface area contributed by atoms with Crippen LogP contribution in [-0.4, -0.2) is 53.5 Å². The molecule has 1 saturated heterocycles. The van der Waals surface area contributed by atoms with Gasteiger partial charge in [0, 0.05) is 36.9 Å². The van der Waals surface area contributed by atoms with Gasteiger partial charge < -0.3 is 10.2 Å². The third-order valence-electron chi connectivity index (χ3n) is 10.5. The van der Waals surface area contributed by atoms with Gasteiger partial charge in [-0.05, 0) is 84.3 Å². The molecule has 0 spiro atoms. The Morgan fingerprint density at radius 2 is 1.39 bits per heavy atom. The first-order chi connectivity index (χ1) is 25.1. The first-order valence-electron chi connectivity index (χ1n) is 18.0. The van der Waals surface area contributed by atoms with Crippen molar-refractivity contribution in [2.75, 3.05) is 32.0 Å². The lowest BCUT2D eigenvalue weighted by Gasteiger charge is -2.37. The summed E-state index contributed by atoms with van der Waals surface area (Å²) < 4.78 is 2.21. The van der Waals surface area contributed by atoms with Crippen LogP contribution in [0, 0.1) is 11.8 Å².